The van der Waals surface area contributed by atoms with Gasteiger partial charge < -0.3 is 15.2 Å². The fraction of sp³-hybridized carbons (Fsp3) is 0.682. The molecule has 1 aliphatic heterocycles. The molecule has 1 saturated heterocycles. The highest BCUT2D eigenvalue weighted by atomic mass is 32.2. The van der Waals surface area contributed by atoms with Gasteiger partial charge in [-0.2, -0.15) is 0 Å². The molecule has 0 bridgehead atoms. The van der Waals surface area contributed by atoms with Gasteiger partial charge in [0, 0.05) is 12.0 Å². The van der Waals surface area contributed by atoms with Gasteiger partial charge in [0.15, 0.2) is 0 Å². The van der Waals surface area contributed by atoms with E-state index in [4.69, 9.17) is 9.84 Å². The number of rotatable bonds is 14. The first kappa shape index (κ1) is 24.5. The molecule has 1 fully saturated rings. The molecule has 0 spiro atoms. The summed E-state index contributed by atoms with van der Waals surface area (Å²) in [6.07, 6.45) is 7.19. The van der Waals surface area contributed by atoms with Gasteiger partial charge in [-0.1, -0.05) is 25.8 Å². The van der Waals surface area contributed by atoms with Crippen LogP contribution in [0.25, 0.3) is 0 Å². The lowest BCUT2D eigenvalue weighted by molar-refractivity contribution is -0.136. The molecule has 0 aliphatic carbocycles. The van der Waals surface area contributed by atoms with Crippen LogP contribution in [0, 0.1) is 5.92 Å². The molecular formula is C22H36N2O5S. The van der Waals surface area contributed by atoms with Crippen molar-refractivity contribution in [3.63, 3.8) is 0 Å². The molecule has 0 aromatic heterocycles. The maximum atomic E-state index is 12.3. The normalized spacial score (nSPS) is 15.1. The predicted molar refractivity (Wildman–Crippen MR) is 120 cm³/mol. The number of unbranched alkanes of at least 4 members (excludes halogenated alkanes) is 2. The number of hydrogen-bond acceptors (Lipinski definition) is 5. The van der Waals surface area contributed by atoms with Crippen LogP contribution in [0.2, 0.25) is 0 Å². The van der Waals surface area contributed by atoms with E-state index >= 15 is 0 Å². The van der Waals surface area contributed by atoms with Crippen LogP contribution >= 0.6 is 0 Å². The van der Waals surface area contributed by atoms with Gasteiger partial charge in [0.05, 0.1) is 18.0 Å². The number of aliphatic carboxylic acids is 1. The number of sulfonamides is 1. The third kappa shape index (κ3) is 8.92. The zero-order valence-electron chi connectivity index (χ0n) is 18.0. The number of ether oxygens (including phenoxy) is 1. The Morgan fingerprint density at radius 3 is 2.70 bits per heavy atom. The lowest BCUT2D eigenvalue weighted by Gasteiger charge is -2.22. The third-order valence-corrected chi connectivity index (χ3v) is 6.83. The van der Waals surface area contributed by atoms with Crippen LogP contribution in [0.3, 0.4) is 0 Å². The van der Waals surface area contributed by atoms with Crippen LogP contribution in [-0.2, 0) is 21.2 Å². The first-order chi connectivity index (χ1) is 14.4. The van der Waals surface area contributed by atoms with E-state index in [0.717, 1.165) is 38.3 Å². The minimum atomic E-state index is -3.47. The highest BCUT2D eigenvalue weighted by molar-refractivity contribution is 7.92. The Morgan fingerprint density at radius 1 is 1.23 bits per heavy atom. The fourth-order valence-corrected chi connectivity index (χ4v) is 5.02. The largest absolute Gasteiger partial charge is 0.493 e. The van der Waals surface area contributed by atoms with Crippen molar-refractivity contribution in [2.24, 2.45) is 5.92 Å². The lowest BCUT2D eigenvalue weighted by Crippen LogP contribution is -2.27. The smallest absolute Gasteiger partial charge is 0.303 e. The summed E-state index contributed by atoms with van der Waals surface area (Å²) in [6, 6.07) is 5.20. The molecule has 0 amide bonds. The molecule has 1 aromatic carbocycles. The number of carboxylic acid groups (broad SMARTS) is 1. The Bertz CT molecular complexity index is 761. The average Bonchev–Trinajstić information content (AvgIpc) is 2.72. The summed E-state index contributed by atoms with van der Waals surface area (Å²) >= 11 is 0. The molecule has 30 heavy (non-hydrogen) atoms. The fourth-order valence-electron chi connectivity index (χ4n) is 3.73. The van der Waals surface area contributed by atoms with Gasteiger partial charge >= 0.3 is 5.97 Å². The molecule has 8 heteroatoms. The van der Waals surface area contributed by atoms with E-state index in [2.05, 4.69) is 10.0 Å². The summed E-state index contributed by atoms with van der Waals surface area (Å²) in [4.78, 5) is 11.1. The summed E-state index contributed by atoms with van der Waals surface area (Å²) in [5.74, 6) is 0.475. The Labute approximate surface area is 180 Å². The van der Waals surface area contributed by atoms with Crippen LogP contribution in [0.4, 0.5) is 5.69 Å². The molecule has 0 radical (unpaired) electrons. The summed E-state index contributed by atoms with van der Waals surface area (Å²) in [6.45, 7) is 4.69. The zero-order chi connectivity index (χ0) is 21.8. The second-order valence-corrected chi connectivity index (χ2v) is 9.83. The number of hydrogen-bond donors (Lipinski definition) is 3. The van der Waals surface area contributed by atoms with Crippen molar-refractivity contribution >= 4 is 21.7 Å². The SMILES string of the molecule is CCCCS(=O)(=O)Nc1cccc(OCCCCC2CCNCC2)c1CCC(=O)O. The molecule has 7 nitrogen and oxygen atoms in total. The molecule has 0 saturated carbocycles. The van der Waals surface area contributed by atoms with Crippen molar-refractivity contribution in [1.82, 2.24) is 5.32 Å². The zero-order valence-corrected chi connectivity index (χ0v) is 18.8. The van der Waals surface area contributed by atoms with E-state index in [-0.39, 0.29) is 18.6 Å². The summed E-state index contributed by atoms with van der Waals surface area (Å²) < 4.78 is 33.3. The first-order valence-corrected chi connectivity index (χ1v) is 12.7. The van der Waals surface area contributed by atoms with Gasteiger partial charge in [0.2, 0.25) is 10.0 Å². The maximum Gasteiger partial charge on any atom is 0.303 e. The topological polar surface area (TPSA) is 105 Å². The Kier molecular flexibility index (Phi) is 10.4. The number of piperidine rings is 1. The van der Waals surface area contributed by atoms with E-state index in [0.29, 0.717) is 30.0 Å². The summed E-state index contributed by atoms with van der Waals surface area (Å²) in [5, 5.41) is 12.5. The van der Waals surface area contributed by atoms with Gasteiger partial charge in [-0.15, -0.1) is 0 Å². The van der Waals surface area contributed by atoms with Crippen LogP contribution in [0.5, 0.6) is 5.75 Å². The lowest BCUT2D eigenvalue weighted by atomic mass is 9.93. The molecule has 3 N–H and O–H groups in total. The summed E-state index contributed by atoms with van der Waals surface area (Å²) in [5.41, 5.74) is 1.03. The highest BCUT2D eigenvalue weighted by Gasteiger charge is 2.17. The van der Waals surface area contributed by atoms with E-state index in [9.17, 15) is 13.2 Å². The molecule has 1 aliphatic rings. The quantitative estimate of drug-likeness (QED) is 0.380. The minimum Gasteiger partial charge on any atom is -0.493 e. The number of carboxylic acids is 1. The van der Waals surface area contributed by atoms with Crippen molar-refractivity contribution in [3.8, 4) is 5.75 Å². The van der Waals surface area contributed by atoms with Gasteiger partial charge in [-0.25, -0.2) is 8.42 Å². The Morgan fingerprint density at radius 2 is 2.00 bits per heavy atom. The van der Waals surface area contributed by atoms with E-state index in [1.54, 1.807) is 18.2 Å². The van der Waals surface area contributed by atoms with Crippen molar-refractivity contribution in [3.05, 3.63) is 23.8 Å². The monoisotopic (exact) mass is 440 g/mol. The predicted octanol–water partition coefficient (Wildman–Crippen LogP) is 3.79. The van der Waals surface area contributed by atoms with Gasteiger partial charge in [0.1, 0.15) is 5.75 Å². The van der Waals surface area contributed by atoms with E-state index in [1.165, 1.54) is 19.3 Å². The number of carbonyl (C=O) groups is 1. The number of benzene rings is 1. The number of anilines is 1. The van der Waals surface area contributed by atoms with Crippen molar-refractivity contribution in [2.75, 3.05) is 30.2 Å². The van der Waals surface area contributed by atoms with E-state index in [1.807, 2.05) is 6.92 Å². The average molecular weight is 441 g/mol. The van der Waals surface area contributed by atoms with Crippen LogP contribution in [0.1, 0.15) is 63.9 Å². The molecule has 170 valence electrons. The van der Waals surface area contributed by atoms with Gasteiger partial charge in [-0.05, 0) is 69.7 Å². The van der Waals surface area contributed by atoms with E-state index < -0.39 is 16.0 Å². The van der Waals surface area contributed by atoms with Crippen molar-refractivity contribution < 1.29 is 23.1 Å². The van der Waals surface area contributed by atoms with Crippen LogP contribution in [-0.4, -0.2) is 44.9 Å². The van der Waals surface area contributed by atoms with Crippen molar-refractivity contribution in [2.45, 2.75) is 64.7 Å². The van der Waals surface area contributed by atoms with Crippen LogP contribution < -0.4 is 14.8 Å². The maximum absolute atomic E-state index is 12.3. The molecule has 2 rings (SSSR count). The molecule has 0 unspecified atom stereocenters. The standard InChI is InChI=1S/C22H36N2O5S/c1-2-3-17-30(27,28)24-20-8-6-9-21(19(20)10-11-22(25)26)29-16-5-4-7-18-12-14-23-15-13-18/h6,8-9,18,23-24H,2-5,7,10-17H2,1H3,(H,25,26). The molecule has 0 atom stereocenters. The van der Waals surface area contributed by atoms with Crippen molar-refractivity contribution in [1.29, 1.82) is 0 Å². The Hall–Kier alpha value is -1.80. The highest BCUT2D eigenvalue weighted by Crippen LogP contribution is 2.29. The summed E-state index contributed by atoms with van der Waals surface area (Å²) in [7, 11) is -3.47. The number of nitrogens with one attached hydrogen (secondary N) is 2. The first-order valence-electron chi connectivity index (χ1n) is 11.1. The second-order valence-electron chi connectivity index (χ2n) is 7.99. The minimum absolute atomic E-state index is 0.0453. The Balaban J connectivity index is 1.97. The van der Waals surface area contributed by atoms with Gasteiger partial charge in [-0.3, -0.25) is 9.52 Å². The molecule has 1 aromatic rings. The van der Waals surface area contributed by atoms with Gasteiger partial charge in [0.25, 0.3) is 0 Å². The molecule has 1 heterocycles. The third-order valence-electron chi connectivity index (χ3n) is 5.48. The van der Waals surface area contributed by atoms with Crippen LogP contribution in [0.15, 0.2) is 18.2 Å². The second kappa shape index (κ2) is 12.8. The molecular weight excluding hydrogens is 404 g/mol.